The standard InChI is InChI=1S/C13H19BrClNO/c1-10(15)4-3-7-16-9-11-8-12(17-2)5-6-13(11)14/h5-6,8,10,16H,3-4,7,9H2,1-2H3. The van der Waals surface area contributed by atoms with Crippen LogP contribution in [-0.2, 0) is 6.54 Å². The van der Waals surface area contributed by atoms with Crippen LogP contribution in [0.2, 0.25) is 0 Å². The van der Waals surface area contributed by atoms with E-state index in [1.807, 2.05) is 25.1 Å². The van der Waals surface area contributed by atoms with Crippen LogP contribution in [0.5, 0.6) is 5.75 Å². The van der Waals surface area contributed by atoms with Crippen molar-refractivity contribution in [3.63, 3.8) is 0 Å². The second-order valence-electron chi connectivity index (χ2n) is 4.06. The van der Waals surface area contributed by atoms with E-state index in [1.54, 1.807) is 7.11 Å². The highest BCUT2D eigenvalue weighted by Crippen LogP contribution is 2.22. The molecule has 0 saturated carbocycles. The van der Waals surface area contributed by atoms with Crippen LogP contribution in [0.4, 0.5) is 0 Å². The van der Waals surface area contributed by atoms with Crippen molar-refractivity contribution in [2.45, 2.75) is 31.7 Å². The zero-order valence-corrected chi connectivity index (χ0v) is 12.6. The molecule has 0 spiro atoms. The lowest BCUT2D eigenvalue weighted by Gasteiger charge is -2.09. The molecule has 2 nitrogen and oxygen atoms in total. The van der Waals surface area contributed by atoms with Crippen LogP contribution in [0, 0.1) is 0 Å². The molecule has 1 atom stereocenters. The maximum absolute atomic E-state index is 5.89. The molecule has 0 saturated heterocycles. The Balaban J connectivity index is 2.35. The summed E-state index contributed by atoms with van der Waals surface area (Å²) in [4.78, 5) is 0. The second kappa shape index (κ2) is 7.96. The fourth-order valence-electron chi connectivity index (χ4n) is 1.54. The van der Waals surface area contributed by atoms with Crippen molar-refractivity contribution in [3.8, 4) is 5.75 Å². The normalized spacial score (nSPS) is 12.5. The largest absolute Gasteiger partial charge is 0.497 e. The monoisotopic (exact) mass is 319 g/mol. The van der Waals surface area contributed by atoms with Gasteiger partial charge in [-0.3, -0.25) is 0 Å². The molecule has 0 fully saturated rings. The van der Waals surface area contributed by atoms with Crippen LogP contribution in [0.25, 0.3) is 0 Å². The number of nitrogens with one attached hydrogen (secondary N) is 1. The molecule has 1 aromatic rings. The quantitative estimate of drug-likeness (QED) is 0.606. The van der Waals surface area contributed by atoms with Gasteiger partial charge in [0.25, 0.3) is 0 Å². The topological polar surface area (TPSA) is 21.3 Å². The average molecular weight is 321 g/mol. The summed E-state index contributed by atoms with van der Waals surface area (Å²) in [6, 6.07) is 6.00. The van der Waals surface area contributed by atoms with E-state index in [9.17, 15) is 0 Å². The van der Waals surface area contributed by atoms with Gasteiger partial charge in [0, 0.05) is 16.4 Å². The summed E-state index contributed by atoms with van der Waals surface area (Å²) in [5.74, 6) is 0.888. The molecule has 1 rings (SSSR count). The smallest absolute Gasteiger partial charge is 0.119 e. The number of hydrogen-bond donors (Lipinski definition) is 1. The number of benzene rings is 1. The maximum atomic E-state index is 5.89. The van der Waals surface area contributed by atoms with E-state index in [1.165, 1.54) is 5.56 Å². The average Bonchev–Trinajstić information content (AvgIpc) is 2.30. The van der Waals surface area contributed by atoms with Gasteiger partial charge in [0.15, 0.2) is 0 Å². The molecule has 0 amide bonds. The first-order chi connectivity index (χ1) is 8.13. The van der Waals surface area contributed by atoms with Gasteiger partial charge >= 0.3 is 0 Å². The maximum Gasteiger partial charge on any atom is 0.119 e. The van der Waals surface area contributed by atoms with Crippen molar-refractivity contribution in [1.29, 1.82) is 0 Å². The highest BCUT2D eigenvalue weighted by atomic mass is 79.9. The van der Waals surface area contributed by atoms with Crippen LogP contribution < -0.4 is 10.1 Å². The third-order valence-electron chi connectivity index (χ3n) is 2.52. The Hall–Kier alpha value is -0.250. The third-order valence-corrected chi connectivity index (χ3v) is 3.52. The number of ether oxygens (including phenoxy) is 1. The lowest BCUT2D eigenvalue weighted by atomic mass is 10.2. The SMILES string of the molecule is COc1ccc(Br)c(CNCCCC(C)Cl)c1. The molecule has 0 radical (unpaired) electrons. The van der Waals surface area contributed by atoms with Crippen molar-refractivity contribution < 1.29 is 4.74 Å². The summed E-state index contributed by atoms with van der Waals surface area (Å²) in [6.07, 6.45) is 2.15. The van der Waals surface area contributed by atoms with Gasteiger partial charge in [-0.25, -0.2) is 0 Å². The minimum Gasteiger partial charge on any atom is -0.497 e. The molecule has 1 N–H and O–H groups in total. The molecule has 0 aromatic heterocycles. The molecule has 0 aliphatic carbocycles. The molecule has 0 bridgehead atoms. The summed E-state index contributed by atoms with van der Waals surface area (Å²) in [5, 5.41) is 3.67. The Morgan fingerprint density at radius 3 is 2.88 bits per heavy atom. The number of alkyl halides is 1. The van der Waals surface area contributed by atoms with Crippen molar-refractivity contribution in [1.82, 2.24) is 5.32 Å². The van der Waals surface area contributed by atoms with E-state index < -0.39 is 0 Å². The van der Waals surface area contributed by atoms with Crippen molar-refractivity contribution in [2.75, 3.05) is 13.7 Å². The predicted octanol–water partition coefficient (Wildman–Crippen LogP) is 3.95. The Bertz CT molecular complexity index is 344. The van der Waals surface area contributed by atoms with Crippen LogP contribution >= 0.6 is 27.5 Å². The zero-order chi connectivity index (χ0) is 12.7. The summed E-state index contributed by atoms with van der Waals surface area (Å²) < 4.78 is 6.31. The second-order valence-corrected chi connectivity index (χ2v) is 5.66. The minimum atomic E-state index is 0.264. The zero-order valence-electron chi connectivity index (χ0n) is 10.3. The van der Waals surface area contributed by atoms with Gasteiger partial charge in [0.2, 0.25) is 0 Å². The number of halogens is 2. The lowest BCUT2D eigenvalue weighted by Crippen LogP contribution is -2.15. The van der Waals surface area contributed by atoms with Gasteiger partial charge in [-0.1, -0.05) is 15.9 Å². The summed E-state index contributed by atoms with van der Waals surface area (Å²) >= 11 is 9.42. The van der Waals surface area contributed by atoms with Gasteiger partial charge in [0.05, 0.1) is 7.11 Å². The molecule has 0 aliphatic rings. The van der Waals surface area contributed by atoms with Gasteiger partial charge < -0.3 is 10.1 Å². The Morgan fingerprint density at radius 1 is 1.47 bits per heavy atom. The molecular formula is C13H19BrClNO. The Kier molecular flexibility index (Phi) is 6.93. The Morgan fingerprint density at radius 2 is 2.24 bits per heavy atom. The number of methoxy groups -OCH3 is 1. The lowest BCUT2D eigenvalue weighted by molar-refractivity contribution is 0.414. The first-order valence-corrected chi connectivity index (χ1v) is 7.03. The molecular weight excluding hydrogens is 302 g/mol. The molecule has 96 valence electrons. The van der Waals surface area contributed by atoms with Crippen LogP contribution in [-0.4, -0.2) is 19.0 Å². The van der Waals surface area contributed by atoms with Gasteiger partial charge in [-0.05, 0) is 50.1 Å². The Labute approximate surface area is 117 Å². The van der Waals surface area contributed by atoms with Crippen molar-refractivity contribution >= 4 is 27.5 Å². The summed E-state index contributed by atoms with van der Waals surface area (Å²) in [7, 11) is 1.68. The van der Waals surface area contributed by atoms with E-state index >= 15 is 0 Å². The fraction of sp³-hybridized carbons (Fsp3) is 0.538. The van der Waals surface area contributed by atoms with E-state index in [4.69, 9.17) is 16.3 Å². The summed E-state index contributed by atoms with van der Waals surface area (Å²) in [6.45, 7) is 3.86. The molecule has 0 aliphatic heterocycles. The van der Waals surface area contributed by atoms with Crippen molar-refractivity contribution in [3.05, 3.63) is 28.2 Å². The van der Waals surface area contributed by atoms with Gasteiger partial charge in [-0.2, -0.15) is 0 Å². The highest BCUT2D eigenvalue weighted by Gasteiger charge is 2.02. The number of rotatable bonds is 7. The molecule has 1 unspecified atom stereocenters. The molecule has 0 heterocycles. The van der Waals surface area contributed by atoms with E-state index in [2.05, 4.69) is 21.2 Å². The minimum absolute atomic E-state index is 0.264. The first-order valence-electron chi connectivity index (χ1n) is 5.80. The van der Waals surface area contributed by atoms with E-state index in [0.29, 0.717) is 0 Å². The van der Waals surface area contributed by atoms with Crippen molar-refractivity contribution in [2.24, 2.45) is 0 Å². The molecule has 4 heteroatoms. The third kappa shape index (κ3) is 5.75. The van der Waals surface area contributed by atoms with E-state index in [0.717, 1.165) is 36.2 Å². The van der Waals surface area contributed by atoms with Crippen LogP contribution in [0.15, 0.2) is 22.7 Å². The summed E-state index contributed by atoms with van der Waals surface area (Å²) in [5.41, 5.74) is 1.21. The fourth-order valence-corrected chi connectivity index (χ4v) is 2.09. The molecule has 1 aromatic carbocycles. The number of hydrogen-bond acceptors (Lipinski definition) is 2. The first kappa shape index (κ1) is 14.8. The van der Waals surface area contributed by atoms with Gasteiger partial charge in [0.1, 0.15) is 5.75 Å². The predicted molar refractivity (Wildman–Crippen MR) is 76.9 cm³/mol. The van der Waals surface area contributed by atoms with Crippen LogP contribution in [0.3, 0.4) is 0 Å². The van der Waals surface area contributed by atoms with Gasteiger partial charge in [-0.15, -0.1) is 11.6 Å². The highest BCUT2D eigenvalue weighted by molar-refractivity contribution is 9.10. The molecule has 17 heavy (non-hydrogen) atoms. The van der Waals surface area contributed by atoms with Crippen LogP contribution in [0.1, 0.15) is 25.3 Å². The van der Waals surface area contributed by atoms with E-state index in [-0.39, 0.29) is 5.38 Å².